The summed E-state index contributed by atoms with van der Waals surface area (Å²) in [5.74, 6) is -3.18. The largest absolute Gasteiger partial charge is 0.507 e. The van der Waals surface area contributed by atoms with Crippen molar-refractivity contribution < 1.29 is 33.7 Å². The van der Waals surface area contributed by atoms with Gasteiger partial charge in [0, 0.05) is 18.4 Å². The van der Waals surface area contributed by atoms with Crippen LogP contribution in [0.4, 0.5) is 5.69 Å². The Morgan fingerprint density at radius 1 is 0.966 bits per heavy atom. The fourth-order valence-electron chi connectivity index (χ4n) is 3.26. The van der Waals surface area contributed by atoms with Crippen molar-refractivity contribution in [1.82, 2.24) is 0 Å². The summed E-state index contributed by atoms with van der Waals surface area (Å²) >= 11 is 0. The van der Waals surface area contributed by atoms with Gasteiger partial charge >= 0.3 is 11.9 Å². The van der Waals surface area contributed by atoms with E-state index in [4.69, 9.17) is 14.2 Å². The minimum atomic E-state index is -2.28. The second kappa shape index (κ2) is 7.76. The fourth-order valence-corrected chi connectivity index (χ4v) is 3.26. The van der Waals surface area contributed by atoms with Crippen LogP contribution in [0.3, 0.4) is 0 Å². The predicted octanol–water partition coefficient (Wildman–Crippen LogP) is 2.10. The molecule has 0 aliphatic carbocycles. The van der Waals surface area contributed by atoms with E-state index in [9.17, 15) is 19.5 Å². The molecule has 1 amide bonds. The Morgan fingerprint density at radius 3 is 2.10 bits per heavy atom. The van der Waals surface area contributed by atoms with Gasteiger partial charge in [0.2, 0.25) is 0 Å². The van der Waals surface area contributed by atoms with Crippen molar-refractivity contribution in [2.24, 2.45) is 0 Å². The van der Waals surface area contributed by atoms with E-state index in [0.29, 0.717) is 5.75 Å². The van der Waals surface area contributed by atoms with Crippen LogP contribution in [0.15, 0.2) is 60.2 Å². The summed E-state index contributed by atoms with van der Waals surface area (Å²) in [5, 5.41) is 10.9. The van der Waals surface area contributed by atoms with E-state index in [1.54, 1.807) is 30.3 Å². The van der Waals surface area contributed by atoms with Crippen LogP contribution >= 0.6 is 0 Å². The number of carbonyl (C=O) groups excluding carboxylic acids is 3. The molecule has 29 heavy (non-hydrogen) atoms. The first kappa shape index (κ1) is 20.1. The van der Waals surface area contributed by atoms with Gasteiger partial charge in [0.05, 0.1) is 14.2 Å². The van der Waals surface area contributed by atoms with Gasteiger partial charge in [0.15, 0.2) is 0 Å². The third kappa shape index (κ3) is 3.03. The zero-order valence-electron chi connectivity index (χ0n) is 16.0. The zero-order chi connectivity index (χ0) is 21.2. The number of methoxy groups -OCH3 is 3. The van der Waals surface area contributed by atoms with E-state index in [-0.39, 0.29) is 11.3 Å². The summed E-state index contributed by atoms with van der Waals surface area (Å²) in [5.41, 5.74) is -2.38. The highest BCUT2D eigenvalue weighted by Crippen LogP contribution is 2.42. The monoisotopic (exact) mass is 397 g/mol. The van der Waals surface area contributed by atoms with Crippen LogP contribution in [0.2, 0.25) is 0 Å². The minimum absolute atomic E-state index is 0.196. The molecule has 8 nitrogen and oxygen atoms in total. The van der Waals surface area contributed by atoms with Crippen molar-refractivity contribution in [3.05, 3.63) is 65.7 Å². The molecule has 1 saturated heterocycles. The molecule has 8 heteroatoms. The number of ketones is 1. The Kier molecular flexibility index (Phi) is 5.38. The van der Waals surface area contributed by atoms with Gasteiger partial charge in [-0.25, -0.2) is 4.79 Å². The molecule has 2 aromatic carbocycles. The van der Waals surface area contributed by atoms with Crippen molar-refractivity contribution in [3.8, 4) is 5.75 Å². The highest BCUT2D eigenvalue weighted by atomic mass is 16.6. The molecule has 1 N–H and O–H groups in total. The molecule has 3 rings (SSSR count). The first-order valence-corrected chi connectivity index (χ1v) is 8.58. The van der Waals surface area contributed by atoms with Gasteiger partial charge in [-0.1, -0.05) is 18.2 Å². The van der Waals surface area contributed by atoms with Gasteiger partial charge in [-0.05, 0) is 36.4 Å². The van der Waals surface area contributed by atoms with Crippen LogP contribution in [0, 0.1) is 0 Å². The summed E-state index contributed by atoms with van der Waals surface area (Å²) in [6.45, 7) is 0. The maximum atomic E-state index is 12.9. The number of hydrogen-bond donors (Lipinski definition) is 1. The SMILES string of the molecule is COC(=O)C1(OC)/C(=C(/O)c2ccc(OC)cc2)C(=O)C(=O)N1c1ccccc1. The number of para-hydroxylation sites is 1. The molecule has 0 aromatic heterocycles. The number of aliphatic hydroxyl groups is 1. The van der Waals surface area contributed by atoms with E-state index in [0.717, 1.165) is 19.1 Å². The number of anilines is 1. The van der Waals surface area contributed by atoms with Gasteiger partial charge in [0.25, 0.3) is 11.5 Å². The quantitative estimate of drug-likeness (QED) is 0.357. The summed E-state index contributed by atoms with van der Waals surface area (Å²) in [6, 6.07) is 14.2. The molecule has 1 atom stereocenters. The number of benzene rings is 2. The number of aliphatic hydroxyl groups excluding tert-OH is 1. The van der Waals surface area contributed by atoms with Crippen molar-refractivity contribution in [2.45, 2.75) is 5.72 Å². The van der Waals surface area contributed by atoms with Gasteiger partial charge in [-0.3, -0.25) is 14.5 Å². The van der Waals surface area contributed by atoms with Crippen LogP contribution in [0.5, 0.6) is 5.75 Å². The average Bonchev–Trinajstić information content (AvgIpc) is 3.00. The van der Waals surface area contributed by atoms with E-state index in [2.05, 4.69) is 0 Å². The number of Topliss-reactive ketones (excluding diaryl/α,β-unsaturated/α-hetero) is 1. The van der Waals surface area contributed by atoms with Crippen LogP contribution in [-0.2, 0) is 23.9 Å². The van der Waals surface area contributed by atoms with Crippen molar-refractivity contribution >= 4 is 29.1 Å². The van der Waals surface area contributed by atoms with Crippen LogP contribution < -0.4 is 9.64 Å². The molecular weight excluding hydrogens is 378 g/mol. The van der Waals surface area contributed by atoms with Crippen LogP contribution in [0.25, 0.3) is 5.76 Å². The molecule has 1 aliphatic rings. The highest BCUT2D eigenvalue weighted by molar-refractivity contribution is 6.54. The molecule has 2 aromatic rings. The summed E-state index contributed by atoms with van der Waals surface area (Å²) in [6.07, 6.45) is 0. The van der Waals surface area contributed by atoms with Crippen molar-refractivity contribution in [2.75, 3.05) is 26.2 Å². The third-order valence-electron chi connectivity index (χ3n) is 4.65. The Morgan fingerprint density at radius 2 is 1.59 bits per heavy atom. The lowest BCUT2D eigenvalue weighted by atomic mass is 9.97. The minimum Gasteiger partial charge on any atom is -0.507 e. The summed E-state index contributed by atoms with van der Waals surface area (Å²) in [4.78, 5) is 39.5. The molecule has 1 aliphatic heterocycles. The molecule has 1 heterocycles. The van der Waals surface area contributed by atoms with E-state index < -0.39 is 34.7 Å². The standard InChI is InChI=1S/C21H19NO7/c1-27-15-11-9-13(10-12-15)17(23)16-18(24)19(25)22(14-7-5-4-6-8-14)21(16,29-3)20(26)28-2/h4-12,23H,1-3H3/b17-16+. The Bertz CT molecular complexity index is 982. The second-order valence-electron chi connectivity index (χ2n) is 6.10. The molecule has 0 spiro atoms. The van der Waals surface area contributed by atoms with Gasteiger partial charge in [-0.2, -0.15) is 0 Å². The average molecular weight is 397 g/mol. The molecule has 1 unspecified atom stereocenters. The van der Waals surface area contributed by atoms with Gasteiger partial charge in [0.1, 0.15) is 17.1 Å². The topological polar surface area (TPSA) is 102 Å². The van der Waals surface area contributed by atoms with Gasteiger partial charge < -0.3 is 19.3 Å². The lowest BCUT2D eigenvalue weighted by Crippen LogP contribution is -2.55. The molecular formula is C21H19NO7. The number of nitrogens with zero attached hydrogens (tertiary/aromatic N) is 1. The van der Waals surface area contributed by atoms with Gasteiger partial charge in [-0.15, -0.1) is 0 Å². The zero-order valence-corrected chi connectivity index (χ0v) is 16.0. The molecule has 0 bridgehead atoms. The Labute approximate surface area is 166 Å². The number of amides is 1. The first-order valence-electron chi connectivity index (χ1n) is 8.58. The maximum absolute atomic E-state index is 12.9. The molecule has 1 fully saturated rings. The normalized spacial score (nSPS) is 20.6. The first-order chi connectivity index (χ1) is 13.9. The van der Waals surface area contributed by atoms with Crippen molar-refractivity contribution in [3.63, 3.8) is 0 Å². The van der Waals surface area contributed by atoms with Crippen LogP contribution in [-0.4, -0.2) is 49.8 Å². The highest BCUT2D eigenvalue weighted by Gasteiger charge is 2.64. The molecule has 0 radical (unpaired) electrons. The van der Waals surface area contributed by atoms with E-state index >= 15 is 0 Å². The maximum Gasteiger partial charge on any atom is 0.365 e. The third-order valence-corrected chi connectivity index (χ3v) is 4.65. The predicted molar refractivity (Wildman–Crippen MR) is 103 cm³/mol. The Balaban J connectivity index is 2.30. The van der Waals surface area contributed by atoms with E-state index in [1.165, 1.54) is 31.4 Å². The summed E-state index contributed by atoms with van der Waals surface area (Å²) in [7, 11) is 3.74. The fraction of sp³-hybridized carbons (Fsp3) is 0.190. The van der Waals surface area contributed by atoms with Crippen molar-refractivity contribution in [1.29, 1.82) is 0 Å². The number of ether oxygens (including phenoxy) is 3. The van der Waals surface area contributed by atoms with Crippen LogP contribution in [0.1, 0.15) is 5.56 Å². The lowest BCUT2D eigenvalue weighted by Gasteiger charge is -2.34. The number of rotatable bonds is 5. The molecule has 0 saturated carbocycles. The van der Waals surface area contributed by atoms with E-state index in [1.807, 2.05) is 0 Å². The second-order valence-corrected chi connectivity index (χ2v) is 6.10. The lowest BCUT2D eigenvalue weighted by molar-refractivity contribution is -0.161. The number of hydrogen-bond acceptors (Lipinski definition) is 7. The summed E-state index contributed by atoms with van der Waals surface area (Å²) < 4.78 is 15.4. The smallest absolute Gasteiger partial charge is 0.365 e. The Hall–Kier alpha value is -3.65. The number of carbonyl (C=O) groups is 3. The molecule has 150 valence electrons. The number of esters is 1.